The third-order valence-electron chi connectivity index (χ3n) is 5.28. The summed E-state index contributed by atoms with van der Waals surface area (Å²) in [5, 5.41) is 0. The smallest absolute Gasteiger partial charge is 0.416 e. The second-order valence-electron chi connectivity index (χ2n) is 8.02. The van der Waals surface area contributed by atoms with Crippen molar-refractivity contribution in [2.45, 2.75) is 29.1 Å². The fourth-order valence-corrected chi connectivity index (χ4v) is 5.82. The van der Waals surface area contributed by atoms with Gasteiger partial charge in [-0.05, 0) is 72.3 Å². The molecule has 0 amide bonds. The average molecular weight is 570 g/mol. The Morgan fingerprint density at radius 1 is 0.789 bits per heavy atom. The maximum absolute atomic E-state index is 13.4. The van der Waals surface area contributed by atoms with E-state index in [0.29, 0.717) is 17.4 Å². The minimum Gasteiger partial charge on any atom is -0.468 e. The van der Waals surface area contributed by atoms with Crippen LogP contribution in [0.4, 0.5) is 17.6 Å². The summed E-state index contributed by atoms with van der Waals surface area (Å²) >= 11 is 0. The zero-order valence-corrected chi connectivity index (χ0v) is 20.9. The molecule has 0 fully saturated rings. The quantitative estimate of drug-likeness (QED) is 0.193. The van der Waals surface area contributed by atoms with Gasteiger partial charge in [0, 0.05) is 6.54 Å². The Morgan fingerprint density at radius 2 is 1.50 bits per heavy atom. The maximum atomic E-state index is 13.4. The second-order valence-corrected chi connectivity index (χ2v) is 11.5. The molecule has 0 unspecified atom stereocenters. The largest absolute Gasteiger partial charge is 0.468 e. The van der Waals surface area contributed by atoms with Crippen LogP contribution in [0, 0.1) is 5.82 Å². The molecule has 0 aliphatic rings. The molecule has 0 aliphatic carbocycles. The van der Waals surface area contributed by atoms with Crippen LogP contribution in [-0.4, -0.2) is 21.1 Å². The zero-order valence-electron chi connectivity index (χ0n) is 19.3. The van der Waals surface area contributed by atoms with Gasteiger partial charge in [-0.25, -0.2) is 12.8 Å². The van der Waals surface area contributed by atoms with Crippen molar-refractivity contribution in [3.63, 3.8) is 0 Å². The average Bonchev–Trinajstić information content (AvgIpc) is 3.37. The SMILES string of the molecule is O=S(=O)(Oc1cccc(CN(Cc2ccco2)S(=O)(=O)c2ccc(F)cc2)c1)c1cccc(C(F)(F)F)c1. The number of sulfonamides is 1. The van der Waals surface area contributed by atoms with Crippen molar-refractivity contribution in [3.8, 4) is 5.75 Å². The molecule has 0 saturated carbocycles. The molecule has 3 aromatic carbocycles. The fourth-order valence-electron chi connectivity index (χ4n) is 3.46. The first-order chi connectivity index (χ1) is 17.8. The molecule has 0 bridgehead atoms. The van der Waals surface area contributed by atoms with Crippen LogP contribution in [0.2, 0.25) is 0 Å². The van der Waals surface area contributed by atoms with Crippen molar-refractivity contribution >= 4 is 20.1 Å². The van der Waals surface area contributed by atoms with Crippen LogP contribution in [0.25, 0.3) is 0 Å². The number of hydrogen-bond donors (Lipinski definition) is 0. The van der Waals surface area contributed by atoms with Crippen molar-refractivity contribution in [1.82, 2.24) is 4.31 Å². The summed E-state index contributed by atoms with van der Waals surface area (Å²) in [5.74, 6) is -0.541. The van der Waals surface area contributed by atoms with E-state index in [1.165, 1.54) is 30.5 Å². The molecule has 13 heteroatoms. The highest BCUT2D eigenvalue weighted by Gasteiger charge is 2.32. The van der Waals surface area contributed by atoms with Gasteiger partial charge in [-0.3, -0.25) is 0 Å². The van der Waals surface area contributed by atoms with Crippen LogP contribution >= 0.6 is 0 Å². The predicted molar refractivity (Wildman–Crippen MR) is 127 cm³/mol. The van der Waals surface area contributed by atoms with Gasteiger partial charge >= 0.3 is 16.3 Å². The molecule has 38 heavy (non-hydrogen) atoms. The molecule has 200 valence electrons. The second kappa shape index (κ2) is 10.6. The van der Waals surface area contributed by atoms with Crippen molar-refractivity contribution in [2.24, 2.45) is 0 Å². The molecule has 1 aromatic heterocycles. The lowest BCUT2D eigenvalue weighted by molar-refractivity contribution is -0.137. The molecule has 4 aromatic rings. The minimum atomic E-state index is -4.75. The Kier molecular flexibility index (Phi) is 7.63. The maximum Gasteiger partial charge on any atom is 0.416 e. The summed E-state index contributed by atoms with van der Waals surface area (Å²) in [7, 11) is -8.80. The molecule has 0 atom stereocenters. The lowest BCUT2D eigenvalue weighted by Gasteiger charge is -2.22. The van der Waals surface area contributed by atoms with Gasteiger partial charge in [0.2, 0.25) is 10.0 Å². The number of benzene rings is 3. The fraction of sp³-hybridized carbons (Fsp3) is 0.120. The first-order valence-electron chi connectivity index (χ1n) is 10.8. The van der Waals surface area contributed by atoms with Crippen LogP contribution < -0.4 is 4.18 Å². The minimum absolute atomic E-state index is 0.176. The molecular weight excluding hydrogens is 550 g/mol. The highest BCUT2D eigenvalue weighted by molar-refractivity contribution is 7.89. The van der Waals surface area contributed by atoms with Crippen LogP contribution in [0.1, 0.15) is 16.9 Å². The number of halogens is 4. The summed E-state index contributed by atoms with van der Waals surface area (Å²) in [6, 6.07) is 15.9. The number of hydrogen-bond acceptors (Lipinski definition) is 6. The first-order valence-corrected chi connectivity index (χ1v) is 13.7. The Balaban J connectivity index is 1.62. The summed E-state index contributed by atoms with van der Waals surface area (Å²) < 4.78 is 116. The Morgan fingerprint density at radius 3 is 2.16 bits per heavy atom. The zero-order chi connectivity index (χ0) is 27.6. The van der Waals surface area contributed by atoms with Crippen LogP contribution in [0.3, 0.4) is 0 Å². The van der Waals surface area contributed by atoms with E-state index in [1.807, 2.05) is 0 Å². The van der Waals surface area contributed by atoms with Gasteiger partial charge in [0.05, 0.1) is 23.3 Å². The van der Waals surface area contributed by atoms with E-state index in [-0.39, 0.29) is 23.7 Å². The normalized spacial score (nSPS) is 12.6. The van der Waals surface area contributed by atoms with E-state index in [2.05, 4.69) is 0 Å². The van der Waals surface area contributed by atoms with Crippen LogP contribution in [-0.2, 0) is 39.4 Å². The number of furan rings is 1. The van der Waals surface area contributed by atoms with E-state index in [0.717, 1.165) is 46.8 Å². The molecule has 4 rings (SSSR count). The van der Waals surface area contributed by atoms with Gasteiger partial charge in [0.1, 0.15) is 22.2 Å². The van der Waals surface area contributed by atoms with Crippen molar-refractivity contribution < 1.29 is 43.0 Å². The third-order valence-corrected chi connectivity index (χ3v) is 8.33. The molecule has 0 spiro atoms. The van der Waals surface area contributed by atoms with Crippen molar-refractivity contribution in [1.29, 1.82) is 0 Å². The monoisotopic (exact) mass is 569 g/mol. The predicted octanol–water partition coefficient (Wildman–Crippen LogP) is 5.60. The van der Waals surface area contributed by atoms with Gasteiger partial charge in [-0.15, -0.1) is 0 Å². The Bertz CT molecular complexity index is 1620. The van der Waals surface area contributed by atoms with Gasteiger partial charge in [-0.1, -0.05) is 18.2 Å². The highest BCUT2D eigenvalue weighted by atomic mass is 32.2. The molecule has 0 saturated heterocycles. The van der Waals surface area contributed by atoms with E-state index in [1.54, 1.807) is 12.1 Å². The third kappa shape index (κ3) is 6.41. The lowest BCUT2D eigenvalue weighted by Crippen LogP contribution is -2.30. The van der Waals surface area contributed by atoms with E-state index in [9.17, 15) is 34.4 Å². The molecular formula is C25H19F4NO6S2. The standard InChI is InChI=1S/C25H19F4NO6S2/c26-20-9-11-23(12-10-20)37(31,32)30(17-22-7-3-13-35-22)16-18-4-1-6-21(14-18)36-38(33,34)24-8-2-5-19(15-24)25(27,28)29/h1-15H,16-17H2. The van der Waals surface area contributed by atoms with Gasteiger partial charge in [-0.2, -0.15) is 25.9 Å². The summed E-state index contributed by atoms with van der Waals surface area (Å²) in [5.41, 5.74) is -0.852. The number of nitrogens with zero attached hydrogens (tertiary/aromatic N) is 1. The van der Waals surface area contributed by atoms with Crippen molar-refractivity contribution in [2.75, 3.05) is 0 Å². The Hall–Kier alpha value is -3.68. The topological polar surface area (TPSA) is 93.9 Å². The van der Waals surface area contributed by atoms with Gasteiger partial charge in [0.25, 0.3) is 0 Å². The molecule has 7 nitrogen and oxygen atoms in total. The Labute approximate surface area is 216 Å². The van der Waals surface area contributed by atoms with Crippen LogP contribution in [0.5, 0.6) is 5.75 Å². The van der Waals surface area contributed by atoms with Crippen molar-refractivity contribution in [3.05, 3.63) is 114 Å². The summed E-state index contributed by atoms with van der Waals surface area (Å²) in [4.78, 5) is -0.874. The summed E-state index contributed by atoms with van der Waals surface area (Å²) in [6.45, 7) is -0.457. The lowest BCUT2D eigenvalue weighted by atomic mass is 10.2. The van der Waals surface area contributed by atoms with E-state index in [4.69, 9.17) is 8.60 Å². The van der Waals surface area contributed by atoms with Gasteiger partial charge in [0.15, 0.2) is 0 Å². The first kappa shape index (κ1) is 27.4. The molecule has 0 N–H and O–H groups in total. The van der Waals surface area contributed by atoms with E-state index < -0.39 is 42.6 Å². The highest BCUT2D eigenvalue weighted by Crippen LogP contribution is 2.31. The molecule has 0 radical (unpaired) electrons. The van der Waals surface area contributed by atoms with Crippen LogP contribution in [0.15, 0.2) is 105 Å². The molecule has 0 aliphatic heterocycles. The van der Waals surface area contributed by atoms with E-state index >= 15 is 0 Å². The number of rotatable bonds is 9. The number of alkyl halides is 3. The molecule has 1 heterocycles. The van der Waals surface area contributed by atoms with Gasteiger partial charge < -0.3 is 8.60 Å². The summed E-state index contributed by atoms with van der Waals surface area (Å²) in [6.07, 6.45) is -3.38.